The van der Waals surface area contributed by atoms with Crippen LogP contribution in [0, 0.1) is 5.92 Å². The smallest absolute Gasteiger partial charge is 0.269 e. The topological polar surface area (TPSA) is 112 Å². The minimum atomic E-state index is -0.470. The molecule has 9 heteroatoms. The second kappa shape index (κ2) is 11.3. The van der Waals surface area contributed by atoms with Crippen molar-refractivity contribution in [3.63, 3.8) is 0 Å². The summed E-state index contributed by atoms with van der Waals surface area (Å²) in [6.45, 7) is 7.06. The van der Waals surface area contributed by atoms with Gasteiger partial charge in [0.1, 0.15) is 0 Å². The van der Waals surface area contributed by atoms with Crippen LogP contribution in [0.25, 0.3) is 0 Å². The first kappa shape index (κ1) is 25.2. The van der Waals surface area contributed by atoms with Crippen LogP contribution in [-0.2, 0) is 9.59 Å². The van der Waals surface area contributed by atoms with Crippen LogP contribution in [0.2, 0.25) is 0 Å². The number of amides is 3. The Balaban J connectivity index is 1.05. The van der Waals surface area contributed by atoms with Gasteiger partial charge in [0.05, 0.1) is 11.6 Å². The fourth-order valence-electron chi connectivity index (χ4n) is 5.83. The molecular formula is C28H36N6O3. The lowest BCUT2D eigenvalue weighted by Gasteiger charge is -2.38. The van der Waals surface area contributed by atoms with Crippen LogP contribution in [0.4, 0.5) is 11.4 Å². The maximum absolute atomic E-state index is 12.2. The van der Waals surface area contributed by atoms with Crippen LogP contribution in [0.3, 0.4) is 0 Å². The summed E-state index contributed by atoms with van der Waals surface area (Å²) in [6.07, 6.45) is 6.04. The van der Waals surface area contributed by atoms with Gasteiger partial charge in [0.15, 0.2) is 5.69 Å². The number of piperidine rings is 2. The molecule has 37 heavy (non-hydrogen) atoms. The number of hydrogen-bond acceptors (Lipinski definition) is 7. The number of carbonyl (C=O) groups excluding carboxylic acids is 3. The molecule has 0 aliphatic carbocycles. The van der Waals surface area contributed by atoms with Crippen LogP contribution >= 0.6 is 0 Å². The van der Waals surface area contributed by atoms with Gasteiger partial charge in [-0.1, -0.05) is 12.1 Å². The first-order valence-corrected chi connectivity index (χ1v) is 13.4. The predicted octanol–water partition coefficient (Wildman–Crippen LogP) is 2.13. The summed E-state index contributed by atoms with van der Waals surface area (Å²) in [5.41, 5.74) is 8.90. The largest absolute Gasteiger partial charge is 0.370 e. The van der Waals surface area contributed by atoms with E-state index in [0.29, 0.717) is 24.5 Å². The van der Waals surface area contributed by atoms with Gasteiger partial charge in [-0.25, -0.2) is 4.98 Å². The van der Waals surface area contributed by atoms with Crippen molar-refractivity contribution in [2.24, 2.45) is 11.7 Å². The van der Waals surface area contributed by atoms with Crippen molar-refractivity contribution < 1.29 is 14.4 Å². The third kappa shape index (κ3) is 5.93. The second-order valence-electron chi connectivity index (χ2n) is 10.4. The fraction of sp³-hybridized carbons (Fsp3) is 0.500. The van der Waals surface area contributed by atoms with E-state index in [-0.39, 0.29) is 17.7 Å². The SMILES string of the molecule is NC(=O)c1ncccc1N1CCC(CCN2CCN(c3ccc(C4CCC(=O)NC4=O)cc3)CC2)CC1. The zero-order valence-corrected chi connectivity index (χ0v) is 21.3. The molecule has 0 saturated carbocycles. The van der Waals surface area contributed by atoms with Crippen molar-refractivity contribution in [1.82, 2.24) is 15.2 Å². The Morgan fingerprint density at radius 3 is 2.35 bits per heavy atom. The van der Waals surface area contributed by atoms with Gasteiger partial charge < -0.3 is 15.5 Å². The van der Waals surface area contributed by atoms with Crippen molar-refractivity contribution in [3.8, 4) is 0 Å². The molecule has 3 N–H and O–H groups in total. The minimum absolute atomic E-state index is 0.176. The number of anilines is 2. The maximum atomic E-state index is 12.2. The molecule has 4 heterocycles. The average molecular weight is 505 g/mol. The van der Waals surface area contributed by atoms with E-state index < -0.39 is 5.91 Å². The van der Waals surface area contributed by atoms with Gasteiger partial charge in [-0.15, -0.1) is 0 Å². The molecule has 1 aromatic carbocycles. The number of hydrogen-bond donors (Lipinski definition) is 2. The number of primary amides is 1. The monoisotopic (exact) mass is 504 g/mol. The normalized spacial score (nSPS) is 21.7. The lowest BCUT2D eigenvalue weighted by atomic mass is 9.90. The molecule has 1 atom stereocenters. The molecule has 1 aromatic heterocycles. The molecule has 3 aliphatic heterocycles. The Kier molecular flexibility index (Phi) is 7.69. The number of piperazine rings is 1. The van der Waals surface area contributed by atoms with Gasteiger partial charge in [-0.3, -0.25) is 24.6 Å². The second-order valence-corrected chi connectivity index (χ2v) is 10.4. The number of carbonyl (C=O) groups is 3. The van der Waals surface area contributed by atoms with E-state index in [9.17, 15) is 14.4 Å². The number of nitrogens with two attached hydrogens (primary N) is 1. The molecule has 0 spiro atoms. The first-order valence-electron chi connectivity index (χ1n) is 13.4. The van der Waals surface area contributed by atoms with Crippen molar-refractivity contribution in [1.29, 1.82) is 0 Å². The van der Waals surface area contributed by atoms with Crippen LogP contribution in [0.5, 0.6) is 0 Å². The summed E-state index contributed by atoms with van der Waals surface area (Å²) in [7, 11) is 0. The van der Waals surface area contributed by atoms with E-state index in [4.69, 9.17) is 5.73 Å². The number of benzene rings is 1. The van der Waals surface area contributed by atoms with Crippen molar-refractivity contribution >= 4 is 29.1 Å². The molecule has 3 aliphatic rings. The van der Waals surface area contributed by atoms with Crippen molar-refractivity contribution in [2.75, 3.05) is 55.6 Å². The zero-order valence-electron chi connectivity index (χ0n) is 21.3. The Bertz CT molecular complexity index is 1120. The molecule has 2 aromatic rings. The van der Waals surface area contributed by atoms with Crippen molar-refractivity contribution in [3.05, 3.63) is 53.9 Å². The van der Waals surface area contributed by atoms with E-state index in [1.165, 1.54) is 12.1 Å². The number of pyridine rings is 1. The number of rotatable bonds is 7. The summed E-state index contributed by atoms with van der Waals surface area (Å²) < 4.78 is 0. The average Bonchev–Trinajstić information content (AvgIpc) is 2.93. The molecule has 196 valence electrons. The highest BCUT2D eigenvalue weighted by atomic mass is 16.2. The predicted molar refractivity (Wildman–Crippen MR) is 143 cm³/mol. The summed E-state index contributed by atoms with van der Waals surface area (Å²) in [4.78, 5) is 46.7. The quantitative estimate of drug-likeness (QED) is 0.556. The molecule has 1 unspecified atom stereocenters. The summed E-state index contributed by atoms with van der Waals surface area (Å²) in [5, 5.41) is 2.45. The van der Waals surface area contributed by atoms with E-state index >= 15 is 0 Å². The Labute approximate surface area is 218 Å². The Hall–Kier alpha value is -3.46. The molecule has 3 saturated heterocycles. The van der Waals surface area contributed by atoms with Gasteiger partial charge in [-0.2, -0.15) is 0 Å². The van der Waals surface area contributed by atoms with Gasteiger partial charge in [0.2, 0.25) is 11.8 Å². The van der Waals surface area contributed by atoms with Crippen LogP contribution in [0.1, 0.15) is 54.1 Å². The highest BCUT2D eigenvalue weighted by Crippen LogP contribution is 2.29. The summed E-state index contributed by atoms with van der Waals surface area (Å²) in [6, 6.07) is 12.1. The molecule has 0 radical (unpaired) electrons. The number of aromatic nitrogens is 1. The van der Waals surface area contributed by atoms with Gasteiger partial charge >= 0.3 is 0 Å². The maximum Gasteiger partial charge on any atom is 0.269 e. The van der Waals surface area contributed by atoms with Crippen LogP contribution in [-0.4, -0.2) is 73.4 Å². The number of nitrogens with zero attached hydrogens (tertiary/aromatic N) is 4. The summed E-state index contributed by atoms with van der Waals surface area (Å²) >= 11 is 0. The highest BCUT2D eigenvalue weighted by molar-refractivity contribution is 6.01. The van der Waals surface area contributed by atoms with E-state index in [1.54, 1.807) is 6.20 Å². The fourth-order valence-corrected chi connectivity index (χ4v) is 5.83. The third-order valence-electron chi connectivity index (χ3n) is 8.10. The molecular weight excluding hydrogens is 468 g/mol. The van der Waals surface area contributed by atoms with Gasteiger partial charge in [0.25, 0.3) is 5.91 Å². The van der Waals surface area contributed by atoms with Crippen LogP contribution < -0.4 is 20.9 Å². The standard InChI is InChI=1S/C28H36N6O3/c29-27(36)26-24(2-1-12-30-26)34-14-10-20(11-15-34)9-13-32-16-18-33(19-17-32)22-5-3-21(4-6-22)23-7-8-25(35)31-28(23)37/h1-6,12,20,23H,7-11,13-19H2,(H2,29,36)(H,31,35,37). The number of imide groups is 1. The first-order chi connectivity index (χ1) is 18.0. The minimum Gasteiger partial charge on any atom is -0.370 e. The molecule has 3 amide bonds. The van der Waals surface area contributed by atoms with Crippen LogP contribution in [0.15, 0.2) is 42.6 Å². The van der Waals surface area contributed by atoms with Crippen molar-refractivity contribution in [2.45, 2.75) is 38.0 Å². The molecule has 0 bridgehead atoms. The highest BCUT2D eigenvalue weighted by Gasteiger charge is 2.28. The Morgan fingerprint density at radius 2 is 1.68 bits per heavy atom. The molecule has 9 nitrogen and oxygen atoms in total. The van der Waals surface area contributed by atoms with E-state index in [0.717, 1.165) is 69.9 Å². The zero-order chi connectivity index (χ0) is 25.8. The van der Waals surface area contributed by atoms with E-state index in [2.05, 4.69) is 37.1 Å². The van der Waals surface area contributed by atoms with Gasteiger partial charge in [-0.05, 0) is 68.0 Å². The Morgan fingerprint density at radius 1 is 0.946 bits per heavy atom. The third-order valence-corrected chi connectivity index (χ3v) is 8.10. The molecule has 5 rings (SSSR count). The number of nitrogens with one attached hydrogen (secondary N) is 1. The lowest BCUT2D eigenvalue weighted by Crippen LogP contribution is -2.47. The molecule has 3 fully saturated rings. The van der Waals surface area contributed by atoms with Gasteiger partial charge in [0, 0.05) is 57.6 Å². The lowest BCUT2D eigenvalue weighted by molar-refractivity contribution is -0.134. The summed E-state index contributed by atoms with van der Waals surface area (Å²) in [5.74, 6) is -0.365. The van der Waals surface area contributed by atoms with E-state index in [1.807, 2.05) is 24.3 Å².